The van der Waals surface area contributed by atoms with E-state index in [9.17, 15) is 17.4 Å². The minimum atomic E-state index is -4.48. The standard InChI is InChI=1S/C10H9F3N2OS/c1-3-15-17(2,16)7-8-4-5-9(14-6-8)10(11,12)13/h1,4-6H,7H2,2H3. The quantitative estimate of drug-likeness (QED) is 0.767. The molecule has 0 aliphatic carbocycles. The van der Waals surface area contributed by atoms with Crippen LogP contribution in [-0.2, 0) is 21.7 Å². The normalized spacial score (nSPS) is 14.8. The van der Waals surface area contributed by atoms with Crippen LogP contribution in [0.15, 0.2) is 22.7 Å². The fourth-order valence-electron chi connectivity index (χ4n) is 1.13. The molecule has 7 heteroatoms. The van der Waals surface area contributed by atoms with Crippen molar-refractivity contribution in [2.45, 2.75) is 11.9 Å². The van der Waals surface area contributed by atoms with Crippen molar-refractivity contribution in [2.24, 2.45) is 4.36 Å². The van der Waals surface area contributed by atoms with Gasteiger partial charge >= 0.3 is 6.18 Å². The average Bonchev–Trinajstić information content (AvgIpc) is 2.16. The Bertz CT molecular complexity index is 548. The summed E-state index contributed by atoms with van der Waals surface area (Å²) in [6, 6.07) is 3.96. The first kappa shape index (κ1) is 13.5. The number of halogens is 3. The molecule has 0 saturated heterocycles. The van der Waals surface area contributed by atoms with Gasteiger partial charge in [-0.3, -0.25) is 4.98 Å². The van der Waals surface area contributed by atoms with Gasteiger partial charge in [-0.2, -0.15) is 13.2 Å². The summed E-state index contributed by atoms with van der Waals surface area (Å²) >= 11 is 0. The molecule has 0 saturated carbocycles. The maximum absolute atomic E-state index is 12.2. The van der Waals surface area contributed by atoms with Gasteiger partial charge < -0.3 is 0 Å². The van der Waals surface area contributed by atoms with Crippen molar-refractivity contribution in [3.05, 3.63) is 29.6 Å². The highest BCUT2D eigenvalue weighted by atomic mass is 32.2. The van der Waals surface area contributed by atoms with E-state index in [1.54, 1.807) is 0 Å². The zero-order chi connectivity index (χ0) is 13.1. The summed E-state index contributed by atoms with van der Waals surface area (Å²) in [7, 11) is -2.62. The second-order valence-corrected chi connectivity index (χ2v) is 5.76. The van der Waals surface area contributed by atoms with Crippen molar-refractivity contribution >= 4 is 9.73 Å². The molecule has 1 rings (SSSR count). The van der Waals surface area contributed by atoms with Crippen molar-refractivity contribution in [1.29, 1.82) is 0 Å². The highest BCUT2D eigenvalue weighted by Crippen LogP contribution is 2.27. The highest BCUT2D eigenvalue weighted by Gasteiger charge is 2.32. The predicted octanol–water partition coefficient (Wildman–Crippen LogP) is 2.29. The molecule has 1 heterocycles. The van der Waals surface area contributed by atoms with Gasteiger partial charge in [0, 0.05) is 18.5 Å². The van der Waals surface area contributed by atoms with Crippen LogP contribution in [0.1, 0.15) is 11.3 Å². The topological polar surface area (TPSA) is 42.3 Å². The second-order valence-electron chi connectivity index (χ2n) is 3.37. The van der Waals surface area contributed by atoms with Crippen LogP contribution in [0.4, 0.5) is 13.2 Å². The molecule has 0 bridgehead atoms. The van der Waals surface area contributed by atoms with Gasteiger partial charge in [-0.25, -0.2) is 4.21 Å². The summed E-state index contributed by atoms with van der Waals surface area (Å²) in [5.41, 5.74) is -0.595. The summed E-state index contributed by atoms with van der Waals surface area (Å²) in [6.07, 6.45) is 2.78. The van der Waals surface area contributed by atoms with Crippen LogP contribution >= 0.6 is 0 Å². The number of rotatable bonds is 2. The first-order valence-electron chi connectivity index (χ1n) is 4.41. The Kier molecular flexibility index (Phi) is 3.78. The zero-order valence-corrected chi connectivity index (χ0v) is 9.68. The third kappa shape index (κ3) is 4.07. The van der Waals surface area contributed by atoms with Crippen LogP contribution in [0.5, 0.6) is 0 Å². The van der Waals surface area contributed by atoms with Gasteiger partial charge in [0.1, 0.15) is 5.69 Å². The van der Waals surface area contributed by atoms with Crippen molar-refractivity contribution in [3.63, 3.8) is 0 Å². The van der Waals surface area contributed by atoms with E-state index in [0.29, 0.717) is 5.56 Å². The summed E-state index contributed by atoms with van der Waals surface area (Å²) in [5, 5.41) is 0. The van der Waals surface area contributed by atoms with Crippen LogP contribution in [0.25, 0.3) is 0 Å². The monoisotopic (exact) mass is 262 g/mol. The summed E-state index contributed by atoms with van der Waals surface area (Å²) in [5.74, 6) is -0.0255. The molecule has 3 nitrogen and oxygen atoms in total. The molecule has 0 radical (unpaired) electrons. The number of pyridine rings is 1. The van der Waals surface area contributed by atoms with Crippen molar-refractivity contribution < 1.29 is 17.4 Å². The van der Waals surface area contributed by atoms with Gasteiger partial charge in [0.25, 0.3) is 0 Å². The minimum Gasteiger partial charge on any atom is -0.251 e. The van der Waals surface area contributed by atoms with Gasteiger partial charge in [-0.05, 0) is 11.6 Å². The molecule has 92 valence electrons. The first-order valence-corrected chi connectivity index (χ1v) is 6.50. The number of alkyl halides is 3. The van der Waals surface area contributed by atoms with E-state index in [1.165, 1.54) is 12.3 Å². The second kappa shape index (κ2) is 4.75. The van der Waals surface area contributed by atoms with Gasteiger partial charge in [0.2, 0.25) is 0 Å². The third-order valence-electron chi connectivity index (χ3n) is 1.80. The molecule has 0 aromatic carbocycles. The molecule has 0 aliphatic rings. The fraction of sp³-hybridized carbons (Fsp3) is 0.300. The van der Waals surface area contributed by atoms with Crippen LogP contribution in [-0.4, -0.2) is 15.4 Å². The molecule has 1 aromatic rings. The number of hydrogen-bond acceptors (Lipinski definition) is 3. The Morgan fingerprint density at radius 1 is 1.53 bits per heavy atom. The highest BCUT2D eigenvalue weighted by molar-refractivity contribution is 7.92. The maximum Gasteiger partial charge on any atom is 0.433 e. The smallest absolute Gasteiger partial charge is 0.251 e. The average molecular weight is 262 g/mol. The van der Waals surface area contributed by atoms with Crippen LogP contribution < -0.4 is 0 Å². The number of terminal acetylenes is 1. The summed E-state index contributed by atoms with van der Waals surface area (Å²) < 4.78 is 51.7. The molecule has 0 aliphatic heterocycles. The lowest BCUT2D eigenvalue weighted by atomic mass is 10.3. The van der Waals surface area contributed by atoms with Crippen LogP contribution in [0.3, 0.4) is 0 Å². The fourth-order valence-corrected chi connectivity index (χ4v) is 2.21. The van der Waals surface area contributed by atoms with E-state index in [2.05, 4.69) is 9.35 Å². The molecule has 0 fully saturated rings. The van der Waals surface area contributed by atoms with Crippen molar-refractivity contribution in [3.8, 4) is 12.5 Å². The molecule has 0 spiro atoms. The van der Waals surface area contributed by atoms with Gasteiger partial charge in [-0.1, -0.05) is 12.5 Å². The van der Waals surface area contributed by atoms with E-state index in [-0.39, 0.29) is 5.75 Å². The Labute approximate surface area is 97.3 Å². The van der Waals surface area contributed by atoms with Crippen molar-refractivity contribution in [1.82, 2.24) is 4.98 Å². The minimum absolute atomic E-state index is 0.0255. The summed E-state index contributed by atoms with van der Waals surface area (Å²) in [6.45, 7) is 0. The molecule has 17 heavy (non-hydrogen) atoms. The number of hydrogen-bond donors (Lipinski definition) is 0. The van der Waals surface area contributed by atoms with Gasteiger partial charge in [0.05, 0.1) is 15.5 Å². The lowest BCUT2D eigenvalue weighted by molar-refractivity contribution is -0.141. The lowest BCUT2D eigenvalue weighted by Crippen LogP contribution is -2.08. The van der Waals surface area contributed by atoms with Crippen molar-refractivity contribution in [2.75, 3.05) is 6.26 Å². The van der Waals surface area contributed by atoms with E-state index in [0.717, 1.165) is 12.3 Å². The van der Waals surface area contributed by atoms with E-state index < -0.39 is 21.6 Å². The number of nitrogens with zero attached hydrogens (tertiary/aromatic N) is 2. The molecule has 1 unspecified atom stereocenters. The summed E-state index contributed by atoms with van der Waals surface area (Å²) in [4.78, 5) is 3.25. The van der Waals surface area contributed by atoms with E-state index >= 15 is 0 Å². The zero-order valence-electron chi connectivity index (χ0n) is 8.86. The largest absolute Gasteiger partial charge is 0.433 e. The maximum atomic E-state index is 12.2. The van der Waals surface area contributed by atoms with E-state index in [4.69, 9.17) is 6.42 Å². The van der Waals surface area contributed by atoms with Crippen LogP contribution in [0, 0.1) is 12.5 Å². The number of aromatic nitrogens is 1. The molecule has 0 amide bonds. The van der Waals surface area contributed by atoms with E-state index in [1.807, 2.05) is 6.04 Å². The SMILES string of the molecule is C#CN=S(C)(=O)Cc1ccc(C(F)(F)F)nc1. The Morgan fingerprint density at radius 2 is 2.18 bits per heavy atom. The third-order valence-corrected chi connectivity index (χ3v) is 3.16. The molecular formula is C10H9F3N2OS. The molecule has 0 N–H and O–H groups in total. The molecule has 1 atom stereocenters. The Morgan fingerprint density at radius 3 is 2.59 bits per heavy atom. The van der Waals surface area contributed by atoms with Gasteiger partial charge in [0.15, 0.2) is 0 Å². The molecular weight excluding hydrogens is 253 g/mol. The Hall–Kier alpha value is -1.55. The predicted molar refractivity (Wildman–Crippen MR) is 58.3 cm³/mol. The lowest BCUT2D eigenvalue weighted by Gasteiger charge is -2.06. The Balaban J connectivity index is 2.95. The molecule has 1 aromatic heterocycles. The first-order chi connectivity index (χ1) is 7.74. The van der Waals surface area contributed by atoms with Crippen LogP contribution in [0.2, 0.25) is 0 Å². The van der Waals surface area contributed by atoms with Gasteiger partial charge in [-0.15, -0.1) is 4.36 Å².